The van der Waals surface area contributed by atoms with Crippen LogP contribution in [0.3, 0.4) is 0 Å². The fraction of sp³-hybridized carbons (Fsp3) is 0.100. The summed E-state index contributed by atoms with van der Waals surface area (Å²) in [6.07, 6.45) is 1.62. The number of aromatic nitrogens is 1. The van der Waals surface area contributed by atoms with Crippen molar-refractivity contribution < 1.29 is 18.3 Å². The zero-order valence-corrected chi connectivity index (χ0v) is 13.8. The van der Waals surface area contributed by atoms with Gasteiger partial charge in [0, 0.05) is 24.4 Å². The molecule has 132 valence electrons. The number of amides is 1. The summed E-state index contributed by atoms with van der Waals surface area (Å²) in [4.78, 5) is 16.2. The van der Waals surface area contributed by atoms with Crippen molar-refractivity contribution >= 4 is 5.91 Å². The summed E-state index contributed by atoms with van der Waals surface area (Å²) in [5.41, 5.74) is 1.23. The van der Waals surface area contributed by atoms with Crippen molar-refractivity contribution in [3.05, 3.63) is 89.6 Å². The molecular formula is C20H16F2N2O2. The number of hydrogen-bond acceptors (Lipinski definition) is 3. The van der Waals surface area contributed by atoms with Crippen LogP contribution in [0.2, 0.25) is 0 Å². The number of nitrogens with zero attached hydrogens (tertiary/aromatic N) is 1. The number of rotatable bonds is 6. The lowest BCUT2D eigenvalue weighted by Crippen LogP contribution is -2.24. The summed E-state index contributed by atoms with van der Waals surface area (Å²) in [6, 6.07) is 15.1. The number of halogens is 2. The van der Waals surface area contributed by atoms with Crippen LogP contribution in [0.5, 0.6) is 11.6 Å². The second-order valence-electron chi connectivity index (χ2n) is 5.61. The SMILES string of the molecule is O=C(Cc1cccc(F)c1)NCc1cccnc1Oc1cccc(F)c1. The van der Waals surface area contributed by atoms with E-state index in [1.807, 2.05) is 0 Å². The number of pyridine rings is 1. The summed E-state index contributed by atoms with van der Waals surface area (Å²) in [5, 5.41) is 2.75. The van der Waals surface area contributed by atoms with Crippen LogP contribution in [0.15, 0.2) is 66.9 Å². The summed E-state index contributed by atoms with van der Waals surface area (Å²) in [7, 11) is 0. The van der Waals surface area contributed by atoms with E-state index in [9.17, 15) is 13.6 Å². The fourth-order valence-corrected chi connectivity index (χ4v) is 2.38. The van der Waals surface area contributed by atoms with Crippen LogP contribution in [0, 0.1) is 11.6 Å². The molecule has 3 aromatic rings. The number of hydrogen-bond donors (Lipinski definition) is 1. The summed E-state index contributed by atoms with van der Waals surface area (Å²) < 4.78 is 32.1. The Kier molecular flexibility index (Phi) is 5.53. The van der Waals surface area contributed by atoms with Gasteiger partial charge in [-0.3, -0.25) is 4.79 Å². The van der Waals surface area contributed by atoms with Gasteiger partial charge in [-0.1, -0.05) is 24.3 Å². The van der Waals surface area contributed by atoms with E-state index < -0.39 is 5.82 Å². The van der Waals surface area contributed by atoms with Crippen molar-refractivity contribution in [2.45, 2.75) is 13.0 Å². The van der Waals surface area contributed by atoms with Gasteiger partial charge in [0.15, 0.2) is 0 Å². The molecule has 0 atom stereocenters. The van der Waals surface area contributed by atoms with Gasteiger partial charge in [-0.05, 0) is 35.9 Å². The van der Waals surface area contributed by atoms with E-state index in [1.54, 1.807) is 36.5 Å². The van der Waals surface area contributed by atoms with E-state index in [1.165, 1.54) is 30.3 Å². The molecule has 6 heteroatoms. The first-order valence-corrected chi connectivity index (χ1v) is 7.98. The van der Waals surface area contributed by atoms with Gasteiger partial charge >= 0.3 is 0 Å². The van der Waals surface area contributed by atoms with Crippen LogP contribution in [-0.4, -0.2) is 10.9 Å². The maximum absolute atomic E-state index is 13.3. The average molecular weight is 354 g/mol. The Morgan fingerprint density at radius 3 is 2.54 bits per heavy atom. The van der Waals surface area contributed by atoms with E-state index in [-0.39, 0.29) is 30.6 Å². The third-order valence-electron chi connectivity index (χ3n) is 3.59. The van der Waals surface area contributed by atoms with Gasteiger partial charge in [0.2, 0.25) is 11.8 Å². The summed E-state index contributed by atoms with van der Waals surface area (Å²) in [5.74, 6) is -0.451. The van der Waals surface area contributed by atoms with Gasteiger partial charge in [-0.2, -0.15) is 0 Å². The lowest BCUT2D eigenvalue weighted by molar-refractivity contribution is -0.120. The quantitative estimate of drug-likeness (QED) is 0.728. The first kappa shape index (κ1) is 17.5. The first-order chi connectivity index (χ1) is 12.6. The van der Waals surface area contributed by atoms with Crippen molar-refractivity contribution in [1.29, 1.82) is 0 Å². The van der Waals surface area contributed by atoms with E-state index >= 15 is 0 Å². The number of carbonyl (C=O) groups is 1. The minimum Gasteiger partial charge on any atom is -0.439 e. The van der Waals surface area contributed by atoms with Crippen LogP contribution in [0.25, 0.3) is 0 Å². The molecule has 1 amide bonds. The molecule has 0 aliphatic carbocycles. The highest BCUT2D eigenvalue weighted by Crippen LogP contribution is 2.23. The smallest absolute Gasteiger partial charge is 0.224 e. The lowest BCUT2D eigenvalue weighted by Gasteiger charge is -2.11. The summed E-state index contributed by atoms with van der Waals surface area (Å²) in [6.45, 7) is 0.187. The lowest BCUT2D eigenvalue weighted by atomic mass is 10.1. The van der Waals surface area contributed by atoms with Crippen molar-refractivity contribution in [2.24, 2.45) is 0 Å². The third kappa shape index (κ3) is 4.86. The molecule has 1 N–H and O–H groups in total. The molecule has 3 rings (SSSR count). The molecule has 26 heavy (non-hydrogen) atoms. The molecule has 0 bridgehead atoms. The molecule has 0 saturated heterocycles. The number of ether oxygens (including phenoxy) is 1. The van der Waals surface area contributed by atoms with Gasteiger partial charge < -0.3 is 10.1 Å². The van der Waals surface area contributed by atoms with Gasteiger partial charge in [-0.15, -0.1) is 0 Å². The number of carbonyl (C=O) groups excluding carboxylic acids is 1. The second kappa shape index (κ2) is 8.20. The van der Waals surface area contributed by atoms with Gasteiger partial charge in [0.25, 0.3) is 0 Å². The van der Waals surface area contributed by atoms with Crippen LogP contribution in [-0.2, 0) is 17.8 Å². The van der Waals surface area contributed by atoms with Gasteiger partial charge in [0.1, 0.15) is 17.4 Å². The highest BCUT2D eigenvalue weighted by atomic mass is 19.1. The molecule has 4 nitrogen and oxygen atoms in total. The fourth-order valence-electron chi connectivity index (χ4n) is 2.38. The van der Waals surface area contributed by atoms with Crippen molar-refractivity contribution in [2.75, 3.05) is 0 Å². The second-order valence-corrected chi connectivity index (χ2v) is 5.61. The molecule has 2 aromatic carbocycles. The Morgan fingerprint density at radius 1 is 1.00 bits per heavy atom. The van der Waals surface area contributed by atoms with Crippen LogP contribution >= 0.6 is 0 Å². The van der Waals surface area contributed by atoms with Crippen LogP contribution < -0.4 is 10.1 Å². The highest BCUT2D eigenvalue weighted by molar-refractivity contribution is 5.78. The van der Waals surface area contributed by atoms with E-state index in [4.69, 9.17) is 4.74 Å². The van der Waals surface area contributed by atoms with Crippen LogP contribution in [0.4, 0.5) is 8.78 Å². The third-order valence-corrected chi connectivity index (χ3v) is 3.59. The molecule has 0 unspecified atom stereocenters. The molecule has 0 spiro atoms. The first-order valence-electron chi connectivity index (χ1n) is 7.98. The highest BCUT2D eigenvalue weighted by Gasteiger charge is 2.09. The van der Waals surface area contributed by atoms with E-state index in [2.05, 4.69) is 10.3 Å². The van der Waals surface area contributed by atoms with Gasteiger partial charge in [-0.25, -0.2) is 13.8 Å². The summed E-state index contributed by atoms with van der Waals surface area (Å²) >= 11 is 0. The Hall–Kier alpha value is -3.28. The van der Waals surface area contributed by atoms with Crippen LogP contribution in [0.1, 0.15) is 11.1 Å². The number of nitrogens with one attached hydrogen (secondary N) is 1. The Morgan fingerprint density at radius 2 is 1.77 bits per heavy atom. The standard InChI is InChI=1S/C20H16F2N2O2/c21-16-6-1-4-14(10-16)11-19(25)24-13-15-5-3-9-23-20(15)26-18-8-2-7-17(22)12-18/h1-10,12H,11,13H2,(H,24,25). The molecule has 0 aliphatic rings. The predicted molar refractivity (Wildman–Crippen MR) is 92.7 cm³/mol. The number of benzene rings is 2. The van der Waals surface area contributed by atoms with Gasteiger partial charge in [0.05, 0.1) is 6.42 Å². The van der Waals surface area contributed by atoms with E-state index in [0.717, 1.165) is 0 Å². The molecule has 0 aliphatic heterocycles. The zero-order valence-electron chi connectivity index (χ0n) is 13.8. The zero-order chi connectivity index (χ0) is 18.4. The minimum atomic E-state index is -0.414. The Bertz CT molecular complexity index is 916. The molecule has 0 radical (unpaired) electrons. The molecular weight excluding hydrogens is 338 g/mol. The largest absolute Gasteiger partial charge is 0.439 e. The topological polar surface area (TPSA) is 51.2 Å². The predicted octanol–water partition coefficient (Wildman–Crippen LogP) is 4.01. The minimum absolute atomic E-state index is 0.0676. The Balaban J connectivity index is 1.64. The molecule has 0 fully saturated rings. The monoisotopic (exact) mass is 354 g/mol. The molecule has 0 saturated carbocycles. The maximum Gasteiger partial charge on any atom is 0.224 e. The molecule has 1 aromatic heterocycles. The molecule has 1 heterocycles. The van der Waals surface area contributed by atoms with Crippen molar-refractivity contribution in [3.63, 3.8) is 0 Å². The average Bonchev–Trinajstić information content (AvgIpc) is 2.61. The van der Waals surface area contributed by atoms with Crippen molar-refractivity contribution in [1.82, 2.24) is 10.3 Å². The normalized spacial score (nSPS) is 10.4. The Labute approximate surface area is 149 Å². The van der Waals surface area contributed by atoms with E-state index in [0.29, 0.717) is 16.9 Å². The maximum atomic E-state index is 13.3. The van der Waals surface area contributed by atoms with Crippen molar-refractivity contribution in [3.8, 4) is 11.6 Å².